The van der Waals surface area contributed by atoms with Gasteiger partial charge in [-0.2, -0.15) is 9.78 Å². The predicted molar refractivity (Wildman–Crippen MR) is 153 cm³/mol. The first kappa shape index (κ1) is 27.3. The molecule has 1 aromatic heterocycles. The van der Waals surface area contributed by atoms with Gasteiger partial charge in [0.1, 0.15) is 11.6 Å². The Balaban J connectivity index is 1.39. The number of amides is 1. The van der Waals surface area contributed by atoms with Gasteiger partial charge < -0.3 is 14.8 Å². The van der Waals surface area contributed by atoms with E-state index in [1.807, 2.05) is 18.2 Å². The molecule has 0 radical (unpaired) electrons. The molecular formula is C30H28ClFN4O4. The topological polar surface area (TPSA) is 94.8 Å². The molecule has 3 aromatic carbocycles. The van der Waals surface area contributed by atoms with Crippen LogP contribution < -0.4 is 20.3 Å². The van der Waals surface area contributed by atoms with Gasteiger partial charge in [0.2, 0.25) is 0 Å². The van der Waals surface area contributed by atoms with Gasteiger partial charge in [-0.1, -0.05) is 43.0 Å². The van der Waals surface area contributed by atoms with Crippen molar-refractivity contribution in [3.63, 3.8) is 0 Å². The van der Waals surface area contributed by atoms with Gasteiger partial charge in [0.05, 0.1) is 29.2 Å². The van der Waals surface area contributed by atoms with E-state index in [-0.39, 0.29) is 28.9 Å². The van der Waals surface area contributed by atoms with E-state index >= 15 is 0 Å². The second-order valence-corrected chi connectivity index (χ2v) is 9.97. The zero-order valence-corrected chi connectivity index (χ0v) is 22.7. The van der Waals surface area contributed by atoms with Crippen molar-refractivity contribution in [2.24, 2.45) is 5.10 Å². The summed E-state index contributed by atoms with van der Waals surface area (Å²) in [5, 5.41) is 7.87. The van der Waals surface area contributed by atoms with Gasteiger partial charge in [-0.3, -0.25) is 9.59 Å². The summed E-state index contributed by atoms with van der Waals surface area (Å²) in [5.74, 6) is 0.432. The monoisotopic (exact) mass is 562 g/mol. The zero-order valence-electron chi connectivity index (χ0n) is 21.9. The highest BCUT2D eigenvalue weighted by molar-refractivity contribution is 6.32. The Labute approximate surface area is 235 Å². The van der Waals surface area contributed by atoms with Crippen molar-refractivity contribution < 1.29 is 18.7 Å². The highest BCUT2D eigenvalue weighted by Gasteiger charge is 2.22. The molecule has 0 unspecified atom stereocenters. The van der Waals surface area contributed by atoms with Gasteiger partial charge in [0, 0.05) is 11.6 Å². The zero-order chi connectivity index (χ0) is 28.1. The fourth-order valence-electron chi connectivity index (χ4n) is 4.82. The minimum atomic E-state index is -0.450. The molecule has 1 heterocycles. The molecule has 0 spiro atoms. The van der Waals surface area contributed by atoms with Crippen LogP contribution in [-0.2, 0) is 4.79 Å². The summed E-state index contributed by atoms with van der Waals surface area (Å²) >= 11 is 6.50. The van der Waals surface area contributed by atoms with Crippen molar-refractivity contribution in [1.29, 1.82) is 0 Å². The highest BCUT2D eigenvalue weighted by Crippen LogP contribution is 2.36. The van der Waals surface area contributed by atoms with Gasteiger partial charge in [0.25, 0.3) is 11.5 Å². The molecule has 206 valence electrons. The van der Waals surface area contributed by atoms with Crippen molar-refractivity contribution in [3.05, 3.63) is 93.2 Å². The number of anilines is 1. The molecule has 8 nitrogen and oxygen atoms in total. The largest absolute Gasteiger partial charge is 0.493 e. The summed E-state index contributed by atoms with van der Waals surface area (Å²) in [6, 6.07) is 15.9. The molecule has 1 amide bonds. The van der Waals surface area contributed by atoms with E-state index < -0.39 is 11.7 Å². The standard InChI is InChI=1S/C30H28ClFN4O4/c1-39-26-16-19(15-24(31)28(26)40-18-27(37)34-22-13-11-21(32)12-14-22)17-33-36-29(20-7-3-2-4-8-20)35-25-10-6-5-9-23(25)30(36)38/h5-6,9-17,20H,2-4,7-8,18H2,1H3,(H,34,37). The molecule has 4 aromatic rings. The average Bonchev–Trinajstić information content (AvgIpc) is 2.97. The second-order valence-electron chi connectivity index (χ2n) is 9.56. The van der Waals surface area contributed by atoms with Gasteiger partial charge in [-0.05, 0) is 66.9 Å². The van der Waals surface area contributed by atoms with E-state index in [9.17, 15) is 14.0 Å². The number of benzene rings is 3. The normalized spacial score (nSPS) is 14.0. The van der Waals surface area contributed by atoms with Crippen molar-refractivity contribution in [3.8, 4) is 11.5 Å². The number of hydrogen-bond donors (Lipinski definition) is 1. The number of methoxy groups -OCH3 is 1. The molecule has 1 aliphatic rings. The number of halogens is 2. The maximum absolute atomic E-state index is 13.4. The van der Waals surface area contributed by atoms with Crippen LogP contribution in [0.2, 0.25) is 5.02 Å². The lowest BCUT2D eigenvalue weighted by Gasteiger charge is -2.22. The molecule has 40 heavy (non-hydrogen) atoms. The molecule has 1 fully saturated rings. The fourth-order valence-corrected chi connectivity index (χ4v) is 5.10. The molecule has 0 saturated heterocycles. The quantitative estimate of drug-likeness (QED) is 0.260. The number of ether oxygens (including phenoxy) is 2. The van der Waals surface area contributed by atoms with E-state index in [0.29, 0.717) is 33.7 Å². The predicted octanol–water partition coefficient (Wildman–Crippen LogP) is 6.15. The first-order valence-electron chi connectivity index (χ1n) is 13.0. The summed E-state index contributed by atoms with van der Waals surface area (Å²) in [6.45, 7) is -0.343. The minimum Gasteiger partial charge on any atom is -0.493 e. The van der Waals surface area contributed by atoms with Crippen LogP contribution in [0.15, 0.2) is 70.6 Å². The molecule has 10 heteroatoms. The van der Waals surface area contributed by atoms with Crippen molar-refractivity contribution in [1.82, 2.24) is 9.66 Å². The summed E-state index contributed by atoms with van der Waals surface area (Å²) in [7, 11) is 1.46. The van der Waals surface area contributed by atoms with Crippen LogP contribution >= 0.6 is 11.6 Å². The third kappa shape index (κ3) is 6.15. The van der Waals surface area contributed by atoms with Gasteiger partial charge >= 0.3 is 0 Å². The molecule has 0 aliphatic heterocycles. The Morgan fingerprint density at radius 1 is 1.15 bits per heavy atom. The third-order valence-corrected chi connectivity index (χ3v) is 7.08. The number of aromatic nitrogens is 2. The number of nitrogens with one attached hydrogen (secondary N) is 1. The summed E-state index contributed by atoms with van der Waals surface area (Å²) in [6.07, 6.45) is 6.81. The first-order chi connectivity index (χ1) is 19.4. The van der Waals surface area contributed by atoms with E-state index in [2.05, 4.69) is 10.4 Å². The number of carbonyl (C=O) groups excluding carboxylic acids is 1. The van der Waals surface area contributed by atoms with Crippen LogP contribution in [0.5, 0.6) is 11.5 Å². The van der Waals surface area contributed by atoms with Gasteiger partial charge in [-0.25, -0.2) is 9.37 Å². The SMILES string of the molecule is COc1cc(C=Nn2c(C3CCCCC3)nc3ccccc3c2=O)cc(Cl)c1OCC(=O)Nc1ccc(F)cc1. The molecule has 5 rings (SSSR count). The molecule has 1 saturated carbocycles. The number of para-hydroxylation sites is 1. The Kier molecular flexibility index (Phi) is 8.40. The minimum absolute atomic E-state index is 0.151. The van der Waals surface area contributed by atoms with E-state index in [4.69, 9.17) is 26.1 Å². The maximum atomic E-state index is 13.4. The molecular weight excluding hydrogens is 535 g/mol. The third-order valence-electron chi connectivity index (χ3n) is 6.80. The van der Waals surface area contributed by atoms with Crippen molar-refractivity contribution in [2.75, 3.05) is 19.0 Å². The second kappa shape index (κ2) is 12.3. The number of fused-ring (bicyclic) bond motifs is 1. The molecule has 1 aliphatic carbocycles. The lowest BCUT2D eigenvalue weighted by Crippen LogP contribution is -2.25. The van der Waals surface area contributed by atoms with Crippen LogP contribution in [0, 0.1) is 5.82 Å². The summed E-state index contributed by atoms with van der Waals surface area (Å²) < 4.78 is 25.6. The van der Waals surface area contributed by atoms with E-state index in [1.165, 1.54) is 48.7 Å². The summed E-state index contributed by atoms with van der Waals surface area (Å²) in [4.78, 5) is 30.6. The van der Waals surface area contributed by atoms with E-state index in [1.54, 1.807) is 18.2 Å². The molecule has 0 bridgehead atoms. The van der Waals surface area contributed by atoms with Gasteiger partial charge in [0.15, 0.2) is 18.1 Å². The van der Waals surface area contributed by atoms with Crippen LogP contribution in [0.25, 0.3) is 10.9 Å². The van der Waals surface area contributed by atoms with Gasteiger partial charge in [-0.15, -0.1) is 0 Å². The number of carbonyl (C=O) groups is 1. The smallest absolute Gasteiger partial charge is 0.282 e. The Bertz CT molecular complexity index is 1620. The Morgan fingerprint density at radius 3 is 2.65 bits per heavy atom. The lowest BCUT2D eigenvalue weighted by atomic mass is 9.88. The fraction of sp³-hybridized carbons (Fsp3) is 0.267. The van der Waals surface area contributed by atoms with E-state index in [0.717, 1.165) is 25.7 Å². The summed E-state index contributed by atoms with van der Waals surface area (Å²) in [5.41, 5.74) is 1.44. The Hall–Kier alpha value is -4.24. The van der Waals surface area contributed by atoms with Crippen molar-refractivity contribution >= 4 is 40.3 Å². The number of hydrogen-bond acceptors (Lipinski definition) is 6. The van der Waals surface area contributed by atoms with Crippen molar-refractivity contribution in [2.45, 2.75) is 38.0 Å². The van der Waals surface area contributed by atoms with Crippen LogP contribution in [0.1, 0.15) is 49.4 Å². The lowest BCUT2D eigenvalue weighted by molar-refractivity contribution is -0.118. The number of nitrogens with zero attached hydrogens (tertiary/aromatic N) is 3. The number of rotatable bonds is 8. The van der Waals surface area contributed by atoms with Crippen LogP contribution in [0.4, 0.5) is 10.1 Å². The highest BCUT2D eigenvalue weighted by atomic mass is 35.5. The first-order valence-corrected chi connectivity index (χ1v) is 13.4. The molecule has 1 N–H and O–H groups in total. The van der Waals surface area contributed by atoms with Crippen LogP contribution in [0.3, 0.4) is 0 Å². The maximum Gasteiger partial charge on any atom is 0.282 e. The average molecular weight is 563 g/mol. The van der Waals surface area contributed by atoms with Crippen LogP contribution in [-0.4, -0.2) is 35.5 Å². The molecule has 0 atom stereocenters. The Morgan fingerprint density at radius 2 is 1.90 bits per heavy atom.